The van der Waals surface area contributed by atoms with Gasteiger partial charge in [0.2, 0.25) is 5.95 Å². The molecule has 3 aromatic heterocycles. The fourth-order valence-corrected chi connectivity index (χ4v) is 2.63. The molecule has 0 saturated heterocycles. The van der Waals surface area contributed by atoms with Crippen molar-refractivity contribution in [1.82, 2.24) is 24.6 Å². The molecule has 8 heteroatoms. The molecule has 0 fully saturated rings. The van der Waals surface area contributed by atoms with Gasteiger partial charge in [0, 0.05) is 42.9 Å². The molecular formula is C16H14F2N6. The second-order valence-electron chi connectivity index (χ2n) is 5.75. The lowest BCUT2D eigenvalue weighted by molar-refractivity contribution is 0.0366. The van der Waals surface area contributed by atoms with Crippen LogP contribution in [-0.4, -0.2) is 37.0 Å². The molecule has 3 heterocycles. The van der Waals surface area contributed by atoms with Crippen LogP contribution < -0.4 is 5.32 Å². The molecule has 24 heavy (non-hydrogen) atoms. The largest absolute Gasteiger partial charge is 0.348 e. The molecule has 1 aliphatic carbocycles. The highest BCUT2D eigenvalue weighted by molar-refractivity contribution is 5.82. The summed E-state index contributed by atoms with van der Waals surface area (Å²) in [6, 6.07) is 3.71. The number of rotatable bonds is 4. The van der Waals surface area contributed by atoms with Crippen LogP contribution in [-0.2, 0) is 6.42 Å². The summed E-state index contributed by atoms with van der Waals surface area (Å²) in [5.41, 5.74) is 4.19. The van der Waals surface area contributed by atoms with Crippen molar-refractivity contribution in [3.05, 3.63) is 53.8 Å². The van der Waals surface area contributed by atoms with Gasteiger partial charge in [-0.05, 0) is 6.07 Å². The first kappa shape index (κ1) is 14.7. The monoisotopic (exact) mass is 328 g/mol. The SMILES string of the molecule is CC(F)(F)CNc1ncc2c(n1)CC=C2c1ccn2nccc2n1. The van der Waals surface area contributed by atoms with Crippen LogP contribution in [0.2, 0.25) is 0 Å². The fourth-order valence-electron chi connectivity index (χ4n) is 2.63. The van der Waals surface area contributed by atoms with Crippen molar-refractivity contribution in [2.24, 2.45) is 0 Å². The Balaban J connectivity index is 1.61. The number of alkyl halides is 2. The van der Waals surface area contributed by atoms with E-state index in [9.17, 15) is 8.78 Å². The van der Waals surface area contributed by atoms with E-state index in [1.165, 1.54) is 0 Å². The topological polar surface area (TPSA) is 68.0 Å². The summed E-state index contributed by atoms with van der Waals surface area (Å²) < 4.78 is 27.5. The number of fused-ring (bicyclic) bond motifs is 2. The maximum Gasteiger partial charge on any atom is 0.262 e. The van der Waals surface area contributed by atoms with Gasteiger partial charge in [-0.15, -0.1) is 0 Å². The molecule has 0 saturated carbocycles. The Hall–Kier alpha value is -2.90. The normalized spacial score (nSPS) is 13.9. The maximum absolute atomic E-state index is 12.9. The van der Waals surface area contributed by atoms with E-state index in [0.29, 0.717) is 6.42 Å². The van der Waals surface area contributed by atoms with E-state index in [1.807, 2.05) is 24.4 Å². The molecule has 1 aliphatic rings. The molecule has 0 unspecified atom stereocenters. The molecule has 4 rings (SSSR count). The van der Waals surface area contributed by atoms with E-state index in [2.05, 4.69) is 25.4 Å². The van der Waals surface area contributed by atoms with E-state index < -0.39 is 12.5 Å². The minimum Gasteiger partial charge on any atom is -0.348 e. The molecule has 0 aromatic carbocycles. The maximum atomic E-state index is 12.9. The highest BCUT2D eigenvalue weighted by atomic mass is 19.3. The molecule has 0 bridgehead atoms. The van der Waals surface area contributed by atoms with E-state index >= 15 is 0 Å². The number of nitrogens with zero attached hydrogens (tertiary/aromatic N) is 5. The summed E-state index contributed by atoms with van der Waals surface area (Å²) >= 11 is 0. The van der Waals surface area contributed by atoms with E-state index in [1.54, 1.807) is 16.9 Å². The van der Waals surface area contributed by atoms with Crippen molar-refractivity contribution in [2.45, 2.75) is 19.3 Å². The quantitative estimate of drug-likeness (QED) is 0.797. The second-order valence-corrected chi connectivity index (χ2v) is 5.75. The first-order valence-corrected chi connectivity index (χ1v) is 7.48. The summed E-state index contributed by atoms with van der Waals surface area (Å²) in [5, 5.41) is 6.69. The molecule has 0 amide bonds. The lowest BCUT2D eigenvalue weighted by Crippen LogP contribution is -2.24. The number of halogens is 2. The van der Waals surface area contributed by atoms with Gasteiger partial charge in [-0.25, -0.2) is 28.2 Å². The van der Waals surface area contributed by atoms with Gasteiger partial charge in [0.25, 0.3) is 5.92 Å². The molecule has 0 atom stereocenters. The van der Waals surface area contributed by atoms with Crippen LogP contribution >= 0.6 is 0 Å². The fraction of sp³-hybridized carbons (Fsp3) is 0.250. The highest BCUT2D eigenvalue weighted by Crippen LogP contribution is 2.31. The van der Waals surface area contributed by atoms with Crippen LogP contribution in [0.1, 0.15) is 23.9 Å². The highest BCUT2D eigenvalue weighted by Gasteiger charge is 2.23. The van der Waals surface area contributed by atoms with Crippen molar-refractivity contribution in [2.75, 3.05) is 11.9 Å². The molecule has 3 aromatic rings. The van der Waals surface area contributed by atoms with Gasteiger partial charge >= 0.3 is 0 Å². The second kappa shape index (κ2) is 5.33. The Bertz CT molecular complexity index is 941. The van der Waals surface area contributed by atoms with Crippen LogP contribution in [0.25, 0.3) is 11.2 Å². The van der Waals surface area contributed by atoms with Crippen molar-refractivity contribution >= 4 is 17.2 Å². The summed E-state index contributed by atoms with van der Waals surface area (Å²) in [6.07, 6.45) is 7.83. The molecule has 0 spiro atoms. The molecule has 6 nitrogen and oxygen atoms in total. The minimum atomic E-state index is -2.81. The summed E-state index contributed by atoms with van der Waals surface area (Å²) in [7, 11) is 0. The smallest absolute Gasteiger partial charge is 0.262 e. The standard InChI is InChI=1S/C16H14F2N6/c1-16(17,18)9-20-15-19-8-11-10(2-3-12(11)23-15)13-5-7-24-14(22-13)4-6-21-24/h2,4-8H,3,9H2,1H3,(H,19,20,23). The van der Waals surface area contributed by atoms with E-state index in [0.717, 1.165) is 35.1 Å². The Kier molecular flexibility index (Phi) is 3.26. The molecular weight excluding hydrogens is 314 g/mol. The molecule has 122 valence electrons. The van der Waals surface area contributed by atoms with Crippen molar-refractivity contribution in [3.8, 4) is 0 Å². The van der Waals surface area contributed by atoms with Crippen LogP contribution in [0.4, 0.5) is 14.7 Å². The van der Waals surface area contributed by atoms with E-state index in [-0.39, 0.29) is 5.95 Å². The van der Waals surface area contributed by atoms with Gasteiger partial charge in [-0.2, -0.15) is 5.10 Å². The Morgan fingerprint density at radius 3 is 3.00 bits per heavy atom. The predicted molar refractivity (Wildman–Crippen MR) is 84.9 cm³/mol. The van der Waals surface area contributed by atoms with Crippen LogP contribution in [0, 0.1) is 0 Å². The third-order valence-electron chi connectivity index (χ3n) is 3.75. The zero-order valence-corrected chi connectivity index (χ0v) is 12.9. The average molecular weight is 328 g/mol. The minimum absolute atomic E-state index is 0.212. The van der Waals surface area contributed by atoms with E-state index in [4.69, 9.17) is 0 Å². The van der Waals surface area contributed by atoms with Crippen LogP contribution in [0.3, 0.4) is 0 Å². The van der Waals surface area contributed by atoms with Gasteiger partial charge in [0.1, 0.15) is 0 Å². The number of allylic oxidation sites excluding steroid dienone is 1. The zero-order chi connectivity index (χ0) is 16.7. The predicted octanol–water partition coefficient (Wildman–Crippen LogP) is 2.57. The lowest BCUT2D eigenvalue weighted by atomic mass is 10.1. The van der Waals surface area contributed by atoms with Gasteiger partial charge in [-0.3, -0.25) is 0 Å². The molecule has 1 N–H and O–H groups in total. The number of hydrogen-bond donors (Lipinski definition) is 1. The van der Waals surface area contributed by atoms with Crippen molar-refractivity contribution < 1.29 is 8.78 Å². The summed E-state index contributed by atoms with van der Waals surface area (Å²) in [6.45, 7) is 0.358. The summed E-state index contributed by atoms with van der Waals surface area (Å²) in [5.74, 6) is -2.60. The average Bonchev–Trinajstić information content (AvgIpc) is 3.17. The van der Waals surface area contributed by atoms with Crippen molar-refractivity contribution in [3.63, 3.8) is 0 Å². The first-order chi connectivity index (χ1) is 11.5. The number of aromatic nitrogens is 5. The Labute approximate surface area is 136 Å². The van der Waals surface area contributed by atoms with Gasteiger partial charge in [-0.1, -0.05) is 6.08 Å². The number of nitrogens with one attached hydrogen (secondary N) is 1. The lowest BCUT2D eigenvalue weighted by Gasteiger charge is -2.12. The summed E-state index contributed by atoms with van der Waals surface area (Å²) in [4.78, 5) is 13.0. The van der Waals surface area contributed by atoms with Gasteiger partial charge in [0.15, 0.2) is 5.65 Å². The van der Waals surface area contributed by atoms with Gasteiger partial charge < -0.3 is 5.32 Å². The Morgan fingerprint density at radius 2 is 2.17 bits per heavy atom. The number of hydrogen-bond acceptors (Lipinski definition) is 5. The number of anilines is 1. The zero-order valence-electron chi connectivity index (χ0n) is 12.9. The van der Waals surface area contributed by atoms with Gasteiger partial charge in [0.05, 0.1) is 24.1 Å². The third-order valence-corrected chi connectivity index (χ3v) is 3.75. The molecule has 0 aliphatic heterocycles. The third kappa shape index (κ3) is 2.70. The van der Waals surface area contributed by atoms with Crippen LogP contribution in [0.15, 0.2) is 36.8 Å². The Morgan fingerprint density at radius 1 is 1.29 bits per heavy atom. The first-order valence-electron chi connectivity index (χ1n) is 7.48. The van der Waals surface area contributed by atoms with Crippen LogP contribution in [0.5, 0.6) is 0 Å². The van der Waals surface area contributed by atoms with Crippen molar-refractivity contribution in [1.29, 1.82) is 0 Å². The molecule has 0 radical (unpaired) electrons.